The molecule has 0 fully saturated rings. The van der Waals surface area contributed by atoms with Crippen molar-refractivity contribution in [3.05, 3.63) is 82.5 Å². The highest BCUT2D eigenvalue weighted by Crippen LogP contribution is 2.16. The van der Waals surface area contributed by atoms with E-state index in [9.17, 15) is 9.81 Å². The lowest BCUT2D eigenvalue weighted by Crippen LogP contribution is -2.16. The van der Waals surface area contributed by atoms with Crippen molar-refractivity contribution >= 4 is 11.8 Å². The third kappa shape index (κ3) is 4.88. The van der Waals surface area contributed by atoms with E-state index in [1.165, 1.54) is 12.4 Å². The van der Waals surface area contributed by atoms with Crippen LogP contribution in [-0.4, -0.2) is 21.6 Å². The molecule has 21 heavy (non-hydrogen) atoms. The van der Waals surface area contributed by atoms with Gasteiger partial charge in [0.25, 0.3) is 0 Å². The van der Waals surface area contributed by atoms with Crippen molar-refractivity contribution in [3.63, 3.8) is 0 Å². The van der Waals surface area contributed by atoms with Gasteiger partial charge in [-0.3, -0.25) is 0 Å². The Labute approximate surface area is 126 Å². The molecule has 0 radical (unpaired) electrons. The van der Waals surface area contributed by atoms with Gasteiger partial charge in [-0.25, -0.2) is 0 Å². The molecule has 0 saturated carbocycles. The van der Waals surface area contributed by atoms with E-state index >= 15 is 0 Å². The van der Waals surface area contributed by atoms with Gasteiger partial charge in [0, 0.05) is 24.8 Å². The lowest BCUT2D eigenvalue weighted by Gasteiger charge is -2.21. The number of hydrogen-bond acceptors (Lipinski definition) is 7. The average molecular weight is 302 g/mol. The molecule has 2 aliphatic heterocycles. The summed E-state index contributed by atoms with van der Waals surface area (Å²) in [7, 11) is 0. The fourth-order valence-corrected chi connectivity index (χ4v) is 2.50. The highest BCUT2D eigenvalue weighted by Gasteiger charge is 2.04. The molecule has 0 aromatic rings. The SMILES string of the molecule is O=NC=C1C=CN(CSCN2C=CC(=CN=O)C=C2)C=C1. The Balaban J connectivity index is 1.72. The molecule has 7 heteroatoms. The molecule has 0 aliphatic carbocycles. The van der Waals surface area contributed by atoms with Gasteiger partial charge in [0.15, 0.2) is 0 Å². The molecule has 0 atom stereocenters. The third-order valence-corrected chi connectivity index (χ3v) is 3.68. The van der Waals surface area contributed by atoms with Crippen molar-refractivity contribution in [3.8, 4) is 0 Å². The summed E-state index contributed by atoms with van der Waals surface area (Å²) in [5.41, 5.74) is 1.58. The van der Waals surface area contributed by atoms with Crippen LogP contribution in [0.25, 0.3) is 0 Å². The monoisotopic (exact) mass is 302 g/mol. The minimum atomic E-state index is 0.788. The van der Waals surface area contributed by atoms with Crippen LogP contribution in [0.3, 0.4) is 0 Å². The summed E-state index contributed by atoms with van der Waals surface area (Å²) in [6.07, 6.45) is 17.5. The minimum absolute atomic E-state index is 0.788. The van der Waals surface area contributed by atoms with Crippen molar-refractivity contribution in [1.82, 2.24) is 9.80 Å². The quantitative estimate of drug-likeness (QED) is 0.701. The number of nitroso groups, excluding NO2 is 2. The first-order valence-corrected chi connectivity index (χ1v) is 7.34. The summed E-state index contributed by atoms with van der Waals surface area (Å²) in [5.74, 6) is 1.59. The second-order valence-corrected chi connectivity index (χ2v) is 5.15. The molecule has 0 aromatic carbocycles. The molecule has 0 aromatic heterocycles. The zero-order valence-corrected chi connectivity index (χ0v) is 12.0. The summed E-state index contributed by atoms with van der Waals surface area (Å²) in [4.78, 5) is 24.3. The van der Waals surface area contributed by atoms with E-state index in [0.717, 1.165) is 22.9 Å². The van der Waals surface area contributed by atoms with Gasteiger partial charge in [0.1, 0.15) is 0 Å². The van der Waals surface area contributed by atoms with Gasteiger partial charge >= 0.3 is 0 Å². The normalized spacial score (nSPS) is 16.4. The first-order chi connectivity index (χ1) is 10.3. The lowest BCUT2D eigenvalue weighted by molar-refractivity contribution is 0.575. The summed E-state index contributed by atoms with van der Waals surface area (Å²) in [5, 5.41) is 5.47. The maximum Gasteiger partial charge on any atom is 0.0788 e. The molecular formula is C14H14N4O2S. The number of hydrogen-bond donors (Lipinski definition) is 0. The van der Waals surface area contributed by atoms with Crippen LogP contribution in [0, 0.1) is 9.81 Å². The lowest BCUT2D eigenvalue weighted by atomic mass is 10.2. The summed E-state index contributed by atoms with van der Waals surface area (Å²) in [6, 6.07) is 0. The van der Waals surface area contributed by atoms with Crippen LogP contribution in [0.4, 0.5) is 0 Å². The van der Waals surface area contributed by atoms with Crippen molar-refractivity contribution in [1.29, 1.82) is 0 Å². The van der Waals surface area contributed by atoms with Gasteiger partial charge in [-0.1, -0.05) is 0 Å². The van der Waals surface area contributed by atoms with E-state index < -0.39 is 0 Å². The standard InChI is InChI=1S/C14H14N4O2S/c19-15-9-13-1-5-17(6-2-13)11-21-12-18-7-3-14(4-8-18)10-16-20/h1-10H,11-12H2. The van der Waals surface area contributed by atoms with Crippen LogP contribution >= 0.6 is 11.8 Å². The summed E-state index contributed by atoms with van der Waals surface area (Å²) >= 11 is 1.73. The topological polar surface area (TPSA) is 65.3 Å². The van der Waals surface area contributed by atoms with Gasteiger partial charge in [-0.05, 0) is 45.8 Å². The highest BCUT2D eigenvalue weighted by atomic mass is 32.2. The molecule has 2 heterocycles. The van der Waals surface area contributed by atoms with Crippen LogP contribution in [0.2, 0.25) is 0 Å². The van der Waals surface area contributed by atoms with Crippen molar-refractivity contribution < 1.29 is 0 Å². The van der Waals surface area contributed by atoms with Crippen LogP contribution in [0.5, 0.6) is 0 Å². The van der Waals surface area contributed by atoms with Crippen LogP contribution in [-0.2, 0) is 0 Å². The zero-order chi connectivity index (χ0) is 14.9. The van der Waals surface area contributed by atoms with Crippen LogP contribution in [0.1, 0.15) is 0 Å². The molecular weight excluding hydrogens is 288 g/mol. The maximum absolute atomic E-state index is 10.1. The maximum atomic E-state index is 10.1. The van der Waals surface area contributed by atoms with E-state index in [2.05, 4.69) is 10.4 Å². The van der Waals surface area contributed by atoms with Crippen molar-refractivity contribution in [2.75, 3.05) is 11.8 Å². The Morgan fingerprint density at radius 3 is 1.52 bits per heavy atom. The molecule has 0 bridgehead atoms. The van der Waals surface area contributed by atoms with E-state index in [1.807, 2.05) is 58.9 Å². The van der Waals surface area contributed by atoms with E-state index in [4.69, 9.17) is 0 Å². The first kappa shape index (κ1) is 15.0. The van der Waals surface area contributed by atoms with E-state index in [-0.39, 0.29) is 0 Å². The number of nitrogens with zero attached hydrogens (tertiary/aromatic N) is 4. The first-order valence-electron chi connectivity index (χ1n) is 6.19. The Bertz CT molecular complexity index is 494. The highest BCUT2D eigenvalue weighted by molar-refractivity contribution is 7.99. The predicted molar refractivity (Wildman–Crippen MR) is 85.3 cm³/mol. The van der Waals surface area contributed by atoms with Gasteiger partial charge in [0.2, 0.25) is 0 Å². The number of rotatable bonds is 6. The fraction of sp³-hybridized carbons (Fsp3) is 0.143. The number of thioether (sulfide) groups is 1. The Kier molecular flexibility index (Phi) is 5.71. The summed E-state index contributed by atoms with van der Waals surface area (Å²) in [6.45, 7) is 0. The van der Waals surface area contributed by atoms with Gasteiger partial charge in [-0.15, -0.1) is 21.6 Å². The molecule has 2 aliphatic rings. The zero-order valence-electron chi connectivity index (χ0n) is 11.2. The largest absolute Gasteiger partial charge is 0.345 e. The molecule has 108 valence electrons. The Morgan fingerprint density at radius 1 is 0.810 bits per heavy atom. The molecule has 0 amide bonds. The molecule has 6 nitrogen and oxygen atoms in total. The second kappa shape index (κ2) is 8.01. The minimum Gasteiger partial charge on any atom is -0.345 e. The molecule has 0 N–H and O–H groups in total. The summed E-state index contributed by atoms with van der Waals surface area (Å²) < 4.78 is 0. The smallest absolute Gasteiger partial charge is 0.0788 e. The average Bonchev–Trinajstić information content (AvgIpc) is 2.51. The van der Waals surface area contributed by atoms with Gasteiger partial charge in [-0.2, -0.15) is 0 Å². The fourth-order valence-electron chi connectivity index (χ4n) is 1.66. The molecule has 2 rings (SSSR count). The van der Waals surface area contributed by atoms with E-state index in [0.29, 0.717) is 0 Å². The second-order valence-electron chi connectivity index (χ2n) is 4.22. The van der Waals surface area contributed by atoms with E-state index in [1.54, 1.807) is 11.8 Å². The third-order valence-electron chi connectivity index (χ3n) is 2.72. The van der Waals surface area contributed by atoms with Crippen molar-refractivity contribution in [2.24, 2.45) is 10.4 Å². The van der Waals surface area contributed by atoms with Gasteiger partial charge in [0.05, 0.1) is 24.2 Å². The molecule has 0 spiro atoms. The number of allylic oxidation sites excluding steroid dienone is 6. The van der Waals surface area contributed by atoms with Crippen molar-refractivity contribution in [2.45, 2.75) is 0 Å². The predicted octanol–water partition coefficient (Wildman–Crippen LogP) is 3.62. The molecule has 0 saturated heterocycles. The van der Waals surface area contributed by atoms with Crippen LogP contribution < -0.4 is 0 Å². The Morgan fingerprint density at radius 2 is 1.19 bits per heavy atom. The Hall–Kier alpha value is -2.41. The van der Waals surface area contributed by atoms with Gasteiger partial charge < -0.3 is 9.80 Å². The molecule has 0 unspecified atom stereocenters. The van der Waals surface area contributed by atoms with Crippen LogP contribution in [0.15, 0.2) is 83.0 Å².